The summed E-state index contributed by atoms with van der Waals surface area (Å²) >= 11 is 0. The number of carbonyl (C=O) groups is 1. The van der Waals surface area contributed by atoms with Crippen LogP contribution in [-0.2, 0) is 14.3 Å². The SMILES string of the molecule is C=CC(=O)OCC(C)C1CO1. The van der Waals surface area contributed by atoms with Crippen molar-refractivity contribution in [1.82, 2.24) is 0 Å². The molecular formula is C8H12O3. The summed E-state index contributed by atoms with van der Waals surface area (Å²) < 4.78 is 9.84. The van der Waals surface area contributed by atoms with Crippen molar-refractivity contribution < 1.29 is 14.3 Å². The molecule has 0 N–H and O–H groups in total. The molecule has 1 saturated heterocycles. The Morgan fingerprint density at radius 1 is 2.00 bits per heavy atom. The summed E-state index contributed by atoms with van der Waals surface area (Å²) in [4.78, 5) is 10.6. The molecule has 3 heteroatoms. The van der Waals surface area contributed by atoms with Crippen LogP contribution in [0, 0.1) is 5.92 Å². The van der Waals surface area contributed by atoms with Crippen molar-refractivity contribution in [3.8, 4) is 0 Å². The molecule has 1 heterocycles. The van der Waals surface area contributed by atoms with Gasteiger partial charge in [0.2, 0.25) is 0 Å². The first-order valence-corrected chi connectivity index (χ1v) is 3.65. The molecule has 0 radical (unpaired) electrons. The Morgan fingerprint density at radius 3 is 3.09 bits per heavy atom. The minimum Gasteiger partial charge on any atom is -0.462 e. The Bertz CT molecular complexity index is 161. The fraction of sp³-hybridized carbons (Fsp3) is 0.625. The fourth-order valence-electron chi connectivity index (χ4n) is 0.764. The quantitative estimate of drug-likeness (QED) is 0.342. The van der Waals surface area contributed by atoms with Crippen LogP contribution in [0.25, 0.3) is 0 Å². The zero-order chi connectivity index (χ0) is 8.27. The highest BCUT2D eigenvalue weighted by atomic mass is 16.6. The van der Waals surface area contributed by atoms with E-state index in [9.17, 15) is 4.79 Å². The van der Waals surface area contributed by atoms with Gasteiger partial charge >= 0.3 is 5.97 Å². The van der Waals surface area contributed by atoms with Crippen molar-refractivity contribution >= 4 is 5.97 Å². The molecular weight excluding hydrogens is 144 g/mol. The van der Waals surface area contributed by atoms with Gasteiger partial charge in [0.25, 0.3) is 0 Å². The highest BCUT2D eigenvalue weighted by molar-refractivity contribution is 5.81. The number of ether oxygens (including phenoxy) is 2. The number of esters is 1. The second-order valence-electron chi connectivity index (χ2n) is 2.68. The molecule has 0 bridgehead atoms. The van der Waals surface area contributed by atoms with Crippen LogP contribution in [0.3, 0.4) is 0 Å². The molecule has 2 unspecified atom stereocenters. The van der Waals surface area contributed by atoms with Gasteiger partial charge in [-0.15, -0.1) is 0 Å². The summed E-state index contributed by atoms with van der Waals surface area (Å²) in [6.45, 7) is 6.51. The normalized spacial score (nSPS) is 23.9. The van der Waals surface area contributed by atoms with E-state index in [-0.39, 0.29) is 5.97 Å². The first kappa shape index (κ1) is 8.27. The first-order chi connectivity index (χ1) is 5.24. The topological polar surface area (TPSA) is 38.8 Å². The molecule has 1 aliphatic rings. The van der Waals surface area contributed by atoms with Gasteiger partial charge in [0.1, 0.15) is 0 Å². The van der Waals surface area contributed by atoms with Crippen molar-refractivity contribution in [3.05, 3.63) is 12.7 Å². The predicted octanol–water partition coefficient (Wildman–Crippen LogP) is 0.750. The van der Waals surface area contributed by atoms with E-state index in [2.05, 4.69) is 6.58 Å². The molecule has 2 atom stereocenters. The van der Waals surface area contributed by atoms with Crippen molar-refractivity contribution in [2.45, 2.75) is 13.0 Å². The number of epoxide rings is 1. The molecule has 1 rings (SSSR count). The van der Waals surface area contributed by atoms with Crippen LogP contribution in [0.4, 0.5) is 0 Å². The van der Waals surface area contributed by atoms with Gasteiger partial charge in [-0.2, -0.15) is 0 Å². The monoisotopic (exact) mass is 156 g/mol. The van der Waals surface area contributed by atoms with Crippen molar-refractivity contribution in [2.75, 3.05) is 13.2 Å². The standard InChI is InChI=1S/C8H12O3/c1-3-8(9)11-4-6(2)7-5-10-7/h3,6-7H,1,4-5H2,2H3. The molecule has 3 nitrogen and oxygen atoms in total. The van der Waals surface area contributed by atoms with Crippen LogP contribution in [0.5, 0.6) is 0 Å². The average Bonchev–Trinajstić information content (AvgIpc) is 2.81. The molecule has 1 fully saturated rings. The van der Waals surface area contributed by atoms with Crippen LogP contribution in [-0.4, -0.2) is 25.3 Å². The Balaban J connectivity index is 2.09. The molecule has 0 aromatic carbocycles. The van der Waals surface area contributed by atoms with Crippen molar-refractivity contribution in [1.29, 1.82) is 0 Å². The lowest BCUT2D eigenvalue weighted by molar-refractivity contribution is -0.139. The third-order valence-electron chi connectivity index (χ3n) is 1.65. The molecule has 0 amide bonds. The third kappa shape index (κ3) is 2.72. The summed E-state index contributed by atoms with van der Waals surface area (Å²) in [7, 11) is 0. The van der Waals surface area contributed by atoms with Crippen LogP contribution in [0.2, 0.25) is 0 Å². The first-order valence-electron chi connectivity index (χ1n) is 3.65. The minimum absolute atomic E-state index is 0.299. The van der Waals surface area contributed by atoms with Crippen LogP contribution in [0.15, 0.2) is 12.7 Å². The molecule has 0 aliphatic carbocycles. The molecule has 0 saturated carbocycles. The second-order valence-corrected chi connectivity index (χ2v) is 2.68. The highest BCUT2D eigenvalue weighted by Crippen LogP contribution is 2.19. The van der Waals surface area contributed by atoms with Crippen LogP contribution < -0.4 is 0 Å². The molecule has 0 aromatic heterocycles. The minimum atomic E-state index is -0.363. The number of rotatable bonds is 4. The number of hydrogen-bond donors (Lipinski definition) is 0. The fourth-order valence-corrected chi connectivity index (χ4v) is 0.764. The van der Waals surface area contributed by atoms with Gasteiger partial charge < -0.3 is 9.47 Å². The lowest BCUT2D eigenvalue weighted by atomic mass is 10.1. The zero-order valence-corrected chi connectivity index (χ0v) is 6.58. The van der Waals surface area contributed by atoms with Gasteiger partial charge in [0.15, 0.2) is 0 Å². The molecule has 62 valence electrons. The number of carbonyl (C=O) groups excluding carboxylic acids is 1. The van der Waals surface area contributed by atoms with Gasteiger partial charge in [-0.3, -0.25) is 0 Å². The lowest BCUT2D eigenvalue weighted by Gasteiger charge is -2.06. The Morgan fingerprint density at radius 2 is 2.64 bits per heavy atom. The highest BCUT2D eigenvalue weighted by Gasteiger charge is 2.29. The Kier molecular flexibility index (Phi) is 2.65. The summed E-state index contributed by atoms with van der Waals surface area (Å²) in [5.74, 6) is -0.0589. The van der Waals surface area contributed by atoms with Gasteiger partial charge in [0.05, 0.1) is 19.3 Å². The molecule has 0 spiro atoms. The molecule has 0 aromatic rings. The van der Waals surface area contributed by atoms with Gasteiger partial charge in [-0.05, 0) is 0 Å². The predicted molar refractivity (Wildman–Crippen MR) is 40.1 cm³/mol. The van der Waals surface area contributed by atoms with E-state index in [4.69, 9.17) is 9.47 Å². The average molecular weight is 156 g/mol. The van der Waals surface area contributed by atoms with E-state index < -0.39 is 0 Å². The van der Waals surface area contributed by atoms with E-state index in [0.29, 0.717) is 18.6 Å². The van der Waals surface area contributed by atoms with E-state index in [1.807, 2.05) is 6.92 Å². The largest absolute Gasteiger partial charge is 0.462 e. The maximum absolute atomic E-state index is 10.6. The van der Waals surface area contributed by atoms with Gasteiger partial charge in [0, 0.05) is 12.0 Å². The van der Waals surface area contributed by atoms with E-state index >= 15 is 0 Å². The maximum atomic E-state index is 10.6. The van der Waals surface area contributed by atoms with Crippen molar-refractivity contribution in [3.63, 3.8) is 0 Å². The Labute approximate surface area is 66.0 Å². The lowest BCUT2D eigenvalue weighted by Crippen LogP contribution is -2.14. The van der Waals surface area contributed by atoms with Crippen LogP contribution >= 0.6 is 0 Å². The van der Waals surface area contributed by atoms with E-state index in [1.54, 1.807) is 0 Å². The summed E-state index contributed by atoms with van der Waals surface area (Å²) in [6, 6.07) is 0. The molecule has 1 aliphatic heterocycles. The summed E-state index contributed by atoms with van der Waals surface area (Å²) in [6.07, 6.45) is 1.47. The summed E-state index contributed by atoms with van der Waals surface area (Å²) in [5, 5.41) is 0. The van der Waals surface area contributed by atoms with Crippen LogP contribution in [0.1, 0.15) is 6.92 Å². The van der Waals surface area contributed by atoms with Gasteiger partial charge in [-0.25, -0.2) is 4.79 Å². The second kappa shape index (κ2) is 3.53. The zero-order valence-electron chi connectivity index (χ0n) is 6.58. The maximum Gasteiger partial charge on any atom is 0.330 e. The molecule has 11 heavy (non-hydrogen) atoms. The van der Waals surface area contributed by atoms with Gasteiger partial charge in [-0.1, -0.05) is 13.5 Å². The van der Waals surface area contributed by atoms with E-state index in [0.717, 1.165) is 6.61 Å². The third-order valence-corrected chi connectivity index (χ3v) is 1.65. The Hall–Kier alpha value is -0.830. The smallest absolute Gasteiger partial charge is 0.330 e. The van der Waals surface area contributed by atoms with Crippen molar-refractivity contribution in [2.24, 2.45) is 5.92 Å². The van der Waals surface area contributed by atoms with E-state index in [1.165, 1.54) is 6.08 Å². The number of hydrogen-bond acceptors (Lipinski definition) is 3. The summed E-state index contributed by atoms with van der Waals surface area (Å²) in [5.41, 5.74) is 0.